The highest BCUT2D eigenvalue weighted by Gasteiger charge is 2.24. The van der Waals surface area contributed by atoms with E-state index in [1.54, 1.807) is 0 Å². The summed E-state index contributed by atoms with van der Waals surface area (Å²) in [4.78, 5) is 23.1. The van der Waals surface area contributed by atoms with Crippen molar-refractivity contribution < 1.29 is 0 Å². The van der Waals surface area contributed by atoms with E-state index in [-0.39, 0.29) is 11.5 Å². The third kappa shape index (κ3) is 1.51. The molecule has 0 unspecified atom stereocenters. The molecule has 0 atom stereocenters. The summed E-state index contributed by atoms with van der Waals surface area (Å²) in [6.07, 6.45) is 2.21. The first kappa shape index (κ1) is 9.82. The van der Waals surface area contributed by atoms with Gasteiger partial charge in [0.2, 0.25) is 0 Å². The van der Waals surface area contributed by atoms with Crippen molar-refractivity contribution in [2.24, 2.45) is 13.0 Å². The van der Waals surface area contributed by atoms with Gasteiger partial charge in [-0.3, -0.25) is 13.9 Å². The lowest BCUT2D eigenvalue weighted by molar-refractivity contribution is 0.569. The summed E-state index contributed by atoms with van der Waals surface area (Å²) < 4.78 is 2.38. The monoisotopic (exact) mass is 210 g/mol. The SMILES string of the molecule is Cn1c(=O)c(N)c(N)n(CC2CC2)c1=O. The topological polar surface area (TPSA) is 96.0 Å². The molecule has 0 amide bonds. The zero-order chi connectivity index (χ0) is 11.2. The molecule has 1 heterocycles. The maximum absolute atomic E-state index is 11.7. The molecule has 15 heavy (non-hydrogen) atoms. The Morgan fingerprint density at radius 3 is 2.47 bits per heavy atom. The highest BCUT2D eigenvalue weighted by molar-refractivity contribution is 5.56. The molecule has 1 aromatic rings. The van der Waals surface area contributed by atoms with E-state index < -0.39 is 11.2 Å². The van der Waals surface area contributed by atoms with E-state index in [1.165, 1.54) is 11.6 Å². The molecular weight excluding hydrogens is 196 g/mol. The summed E-state index contributed by atoms with van der Waals surface area (Å²) in [5.74, 6) is 0.594. The summed E-state index contributed by atoms with van der Waals surface area (Å²) >= 11 is 0. The fourth-order valence-electron chi connectivity index (χ4n) is 1.54. The van der Waals surface area contributed by atoms with Crippen molar-refractivity contribution in [3.8, 4) is 0 Å². The maximum Gasteiger partial charge on any atom is 0.332 e. The second-order valence-electron chi connectivity index (χ2n) is 4.00. The van der Waals surface area contributed by atoms with Gasteiger partial charge in [0.1, 0.15) is 11.5 Å². The van der Waals surface area contributed by atoms with E-state index in [9.17, 15) is 9.59 Å². The minimum absolute atomic E-state index is 0.0437. The minimum Gasteiger partial charge on any atom is -0.391 e. The number of nitrogens with two attached hydrogens (primary N) is 2. The first-order valence-electron chi connectivity index (χ1n) is 4.87. The second kappa shape index (κ2) is 3.15. The average Bonchev–Trinajstić information content (AvgIpc) is 3.02. The van der Waals surface area contributed by atoms with Crippen molar-refractivity contribution in [3.63, 3.8) is 0 Å². The Morgan fingerprint density at radius 2 is 1.93 bits per heavy atom. The highest BCUT2D eigenvalue weighted by Crippen LogP contribution is 2.30. The molecule has 0 aliphatic heterocycles. The Balaban J connectivity index is 2.61. The second-order valence-corrected chi connectivity index (χ2v) is 4.00. The number of rotatable bonds is 2. The van der Waals surface area contributed by atoms with Crippen molar-refractivity contribution >= 4 is 11.5 Å². The molecular formula is C9H14N4O2. The van der Waals surface area contributed by atoms with Crippen LogP contribution in [0.1, 0.15) is 12.8 Å². The van der Waals surface area contributed by atoms with Crippen LogP contribution in [0.2, 0.25) is 0 Å². The Labute approximate surface area is 86.1 Å². The van der Waals surface area contributed by atoms with Gasteiger partial charge in [-0.05, 0) is 18.8 Å². The van der Waals surface area contributed by atoms with Crippen molar-refractivity contribution in [3.05, 3.63) is 20.8 Å². The minimum atomic E-state index is -0.524. The molecule has 1 fully saturated rings. The number of hydrogen-bond donors (Lipinski definition) is 2. The lowest BCUT2D eigenvalue weighted by Crippen LogP contribution is -2.41. The van der Waals surface area contributed by atoms with Gasteiger partial charge in [-0.25, -0.2) is 4.79 Å². The quantitative estimate of drug-likeness (QED) is 0.662. The van der Waals surface area contributed by atoms with Gasteiger partial charge in [-0.2, -0.15) is 0 Å². The molecule has 2 rings (SSSR count). The van der Waals surface area contributed by atoms with Crippen LogP contribution >= 0.6 is 0 Å². The van der Waals surface area contributed by atoms with E-state index in [0.29, 0.717) is 12.5 Å². The van der Waals surface area contributed by atoms with Crippen LogP contribution in [0.5, 0.6) is 0 Å². The van der Waals surface area contributed by atoms with Crippen LogP contribution in [0.4, 0.5) is 11.5 Å². The number of nitrogens with zero attached hydrogens (tertiary/aromatic N) is 2. The van der Waals surface area contributed by atoms with Crippen molar-refractivity contribution in [1.82, 2.24) is 9.13 Å². The van der Waals surface area contributed by atoms with E-state index in [1.807, 2.05) is 0 Å². The van der Waals surface area contributed by atoms with Crippen LogP contribution in [-0.4, -0.2) is 9.13 Å². The Kier molecular flexibility index (Phi) is 2.06. The molecule has 0 bridgehead atoms. The number of anilines is 2. The van der Waals surface area contributed by atoms with Crippen LogP contribution in [-0.2, 0) is 13.6 Å². The van der Waals surface area contributed by atoms with E-state index in [2.05, 4.69) is 0 Å². The molecule has 1 aliphatic rings. The zero-order valence-electron chi connectivity index (χ0n) is 8.56. The largest absolute Gasteiger partial charge is 0.391 e. The lowest BCUT2D eigenvalue weighted by atomic mass is 10.4. The summed E-state index contributed by atoms with van der Waals surface area (Å²) in [5, 5.41) is 0. The van der Waals surface area contributed by atoms with E-state index in [4.69, 9.17) is 11.5 Å². The fraction of sp³-hybridized carbons (Fsp3) is 0.556. The molecule has 4 N–H and O–H groups in total. The normalized spacial score (nSPS) is 15.5. The van der Waals surface area contributed by atoms with Crippen LogP contribution in [0.15, 0.2) is 9.59 Å². The van der Waals surface area contributed by atoms with Crippen LogP contribution < -0.4 is 22.7 Å². The number of aromatic nitrogens is 2. The highest BCUT2D eigenvalue weighted by atomic mass is 16.2. The Morgan fingerprint density at radius 1 is 1.33 bits per heavy atom. The van der Waals surface area contributed by atoms with Gasteiger partial charge in [0.25, 0.3) is 5.56 Å². The van der Waals surface area contributed by atoms with Crippen molar-refractivity contribution in [2.45, 2.75) is 19.4 Å². The molecule has 82 valence electrons. The third-order valence-electron chi connectivity index (χ3n) is 2.76. The lowest BCUT2D eigenvalue weighted by Gasteiger charge is -2.12. The fourth-order valence-corrected chi connectivity index (χ4v) is 1.54. The van der Waals surface area contributed by atoms with Gasteiger partial charge in [0.15, 0.2) is 0 Å². The molecule has 1 aromatic heterocycles. The van der Waals surface area contributed by atoms with E-state index in [0.717, 1.165) is 17.4 Å². The standard InChI is InChI=1S/C9H14N4O2/c1-12-8(14)6(10)7(11)13(9(12)15)4-5-2-3-5/h5H,2-4,10-11H2,1H3. The first-order chi connectivity index (χ1) is 7.02. The third-order valence-corrected chi connectivity index (χ3v) is 2.76. The average molecular weight is 210 g/mol. The molecule has 1 saturated carbocycles. The van der Waals surface area contributed by atoms with Crippen LogP contribution in [0.25, 0.3) is 0 Å². The van der Waals surface area contributed by atoms with Crippen LogP contribution in [0, 0.1) is 5.92 Å². The van der Waals surface area contributed by atoms with Crippen molar-refractivity contribution in [2.75, 3.05) is 11.5 Å². The number of hydrogen-bond acceptors (Lipinski definition) is 4. The van der Waals surface area contributed by atoms with Gasteiger partial charge in [0.05, 0.1) is 0 Å². The smallest absolute Gasteiger partial charge is 0.332 e. The molecule has 6 heteroatoms. The molecule has 0 saturated heterocycles. The Bertz CT molecular complexity index is 510. The molecule has 0 aromatic carbocycles. The predicted molar refractivity (Wildman–Crippen MR) is 57.5 cm³/mol. The van der Waals surface area contributed by atoms with Crippen LogP contribution in [0.3, 0.4) is 0 Å². The van der Waals surface area contributed by atoms with Gasteiger partial charge < -0.3 is 11.5 Å². The number of nitrogen functional groups attached to an aromatic ring is 2. The maximum atomic E-state index is 11.7. The van der Waals surface area contributed by atoms with Gasteiger partial charge in [-0.15, -0.1) is 0 Å². The summed E-state index contributed by atoms with van der Waals surface area (Å²) in [7, 11) is 1.41. The molecule has 0 radical (unpaired) electrons. The molecule has 6 nitrogen and oxygen atoms in total. The first-order valence-corrected chi connectivity index (χ1v) is 4.87. The zero-order valence-corrected chi connectivity index (χ0v) is 8.56. The summed E-state index contributed by atoms with van der Waals surface area (Å²) in [5.41, 5.74) is 10.2. The van der Waals surface area contributed by atoms with E-state index >= 15 is 0 Å². The predicted octanol–water partition coefficient (Wildman–Crippen LogP) is -0.879. The molecule has 0 spiro atoms. The van der Waals surface area contributed by atoms with Gasteiger partial charge in [0, 0.05) is 13.6 Å². The summed E-state index contributed by atoms with van der Waals surface area (Å²) in [6.45, 7) is 0.559. The summed E-state index contributed by atoms with van der Waals surface area (Å²) in [6, 6.07) is 0. The van der Waals surface area contributed by atoms with Gasteiger partial charge >= 0.3 is 5.69 Å². The van der Waals surface area contributed by atoms with Gasteiger partial charge in [-0.1, -0.05) is 0 Å². The Hall–Kier alpha value is -1.72. The van der Waals surface area contributed by atoms with Crippen molar-refractivity contribution in [1.29, 1.82) is 0 Å². The molecule has 1 aliphatic carbocycles.